The van der Waals surface area contributed by atoms with Crippen LogP contribution in [-0.2, 0) is 4.74 Å². The van der Waals surface area contributed by atoms with Gasteiger partial charge in [0.2, 0.25) is 0 Å². The van der Waals surface area contributed by atoms with Crippen LogP contribution in [0.1, 0.15) is 35.1 Å². The molecule has 4 nitrogen and oxygen atoms in total. The van der Waals surface area contributed by atoms with Crippen LogP contribution in [0.25, 0.3) is 0 Å². The number of rotatable bonds is 3. The van der Waals surface area contributed by atoms with E-state index in [0.717, 1.165) is 10.0 Å². The SMILES string of the molecule is COC(=O)c1nc(NC2(C)CC2)sc1C. The van der Waals surface area contributed by atoms with Gasteiger partial charge in [0.15, 0.2) is 10.8 Å². The lowest BCUT2D eigenvalue weighted by Gasteiger charge is -2.08. The van der Waals surface area contributed by atoms with E-state index in [4.69, 9.17) is 0 Å². The van der Waals surface area contributed by atoms with Crippen molar-refractivity contribution in [1.82, 2.24) is 4.98 Å². The van der Waals surface area contributed by atoms with E-state index < -0.39 is 0 Å². The van der Waals surface area contributed by atoms with Crippen LogP contribution in [0.15, 0.2) is 0 Å². The minimum atomic E-state index is -0.363. The minimum Gasteiger partial charge on any atom is -0.464 e. The fraction of sp³-hybridized carbons (Fsp3) is 0.600. The van der Waals surface area contributed by atoms with Crippen molar-refractivity contribution in [1.29, 1.82) is 0 Å². The summed E-state index contributed by atoms with van der Waals surface area (Å²) in [5.41, 5.74) is 0.617. The van der Waals surface area contributed by atoms with Gasteiger partial charge in [-0.2, -0.15) is 0 Å². The fourth-order valence-corrected chi connectivity index (χ4v) is 2.26. The Morgan fingerprint density at radius 3 is 2.80 bits per heavy atom. The Labute approximate surface area is 92.7 Å². The number of nitrogens with zero attached hydrogens (tertiary/aromatic N) is 1. The molecular weight excluding hydrogens is 212 g/mol. The third-order valence-electron chi connectivity index (χ3n) is 2.58. The number of hydrogen-bond donors (Lipinski definition) is 1. The number of methoxy groups -OCH3 is 1. The standard InChI is InChI=1S/C10H14N2O2S/c1-6-7(8(13)14-3)11-9(15-6)12-10(2)4-5-10/h4-5H2,1-3H3,(H,11,12). The largest absolute Gasteiger partial charge is 0.464 e. The van der Waals surface area contributed by atoms with Crippen molar-refractivity contribution in [3.05, 3.63) is 10.6 Å². The summed E-state index contributed by atoms with van der Waals surface area (Å²) in [6.45, 7) is 4.03. The van der Waals surface area contributed by atoms with Crippen LogP contribution in [0.5, 0.6) is 0 Å². The van der Waals surface area contributed by atoms with E-state index >= 15 is 0 Å². The van der Waals surface area contributed by atoms with Crippen molar-refractivity contribution < 1.29 is 9.53 Å². The molecule has 5 heteroatoms. The molecule has 0 amide bonds. The topological polar surface area (TPSA) is 51.2 Å². The second-order valence-corrected chi connectivity index (χ2v) is 5.30. The molecule has 1 aliphatic rings. The molecule has 1 aromatic heterocycles. The number of aromatic nitrogens is 1. The van der Waals surface area contributed by atoms with Gasteiger partial charge in [-0.05, 0) is 26.7 Å². The van der Waals surface area contributed by atoms with Crippen molar-refractivity contribution in [2.24, 2.45) is 0 Å². The highest BCUT2D eigenvalue weighted by atomic mass is 32.1. The van der Waals surface area contributed by atoms with Crippen LogP contribution in [0.4, 0.5) is 5.13 Å². The summed E-state index contributed by atoms with van der Waals surface area (Å²) < 4.78 is 4.65. The normalized spacial score (nSPS) is 17.3. The van der Waals surface area contributed by atoms with E-state index in [0.29, 0.717) is 5.69 Å². The average Bonchev–Trinajstić information content (AvgIpc) is 2.79. The Hall–Kier alpha value is -1.10. The quantitative estimate of drug-likeness (QED) is 0.803. The molecule has 82 valence electrons. The van der Waals surface area contributed by atoms with Gasteiger partial charge >= 0.3 is 5.97 Å². The first kappa shape index (κ1) is 10.4. The zero-order valence-corrected chi connectivity index (χ0v) is 9.90. The first-order chi connectivity index (χ1) is 7.04. The van der Waals surface area contributed by atoms with E-state index in [2.05, 4.69) is 22.0 Å². The first-order valence-electron chi connectivity index (χ1n) is 4.88. The number of esters is 1. The van der Waals surface area contributed by atoms with Crippen LogP contribution in [0, 0.1) is 6.92 Å². The lowest BCUT2D eigenvalue weighted by molar-refractivity contribution is 0.0594. The molecule has 1 heterocycles. The molecule has 15 heavy (non-hydrogen) atoms. The monoisotopic (exact) mass is 226 g/mol. The summed E-state index contributed by atoms with van der Waals surface area (Å²) in [5, 5.41) is 4.14. The van der Waals surface area contributed by atoms with Gasteiger partial charge in [0.05, 0.1) is 7.11 Å². The lowest BCUT2D eigenvalue weighted by Crippen LogP contribution is -2.15. The molecule has 1 aromatic rings. The van der Waals surface area contributed by atoms with Gasteiger partial charge < -0.3 is 10.1 Å². The highest BCUT2D eigenvalue weighted by Gasteiger charge is 2.38. The Morgan fingerprint density at radius 1 is 1.60 bits per heavy atom. The summed E-state index contributed by atoms with van der Waals surface area (Å²) in [6, 6.07) is 0. The number of anilines is 1. The van der Waals surface area contributed by atoms with Crippen LogP contribution in [0.3, 0.4) is 0 Å². The number of carbonyl (C=O) groups excluding carboxylic acids is 1. The summed E-state index contributed by atoms with van der Waals surface area (Å²) in [7, 11) is 1.37. The number of thiazole rings is 1. The van der Waals surface area contributed by atoms with Gasteiger partial charge in [-0.3, -0.25) is 0 Å². The summed E-state index contributed by atoms with van der Waals surface area (Å²) in [4.78, 5) is 16.5. The zero-order valence-electron chi connectivity index (χ0n) is 9.09. The molecular formula is C10H14N2O2S. The van der Waals surface area contributed by atoms with Crippen molar-refractivity contribution >= 4 is 22.4 Å². The maximum atomic E-state index is 11.3. The predicted octanol–water partition coefficient (Wildman–Crippen LogP) is 2.20. The molecule has 0 spiro atoms. The predicted molar refractivity (Wildman–Crippen MR) is 59.5 cm³/mol. The Balaban J connectivity index is 2.17. The molecule has 1 fully saturated rings. The average molecular weight is 226 g/mol. The third-order valence-corrected chi connectivity index (χ3v) is 3.47. The van der Waals surface area contributed by atoms with E-state index in [1.165, 1.54) is 31.3 Å². The van der Waals surface area contributed by atoms with Crippen LogP contribution < -0.4 is 5.32 Å². The van der Waals surface area contributed by atoms with E-state index in [1.807, 2.05) is 6.92 Å². The summed E-state index contributed by atoms with van der Waals surface area (Å²) in [5.74, 6) is -0.363. The lowest BCUT2D eigenvalue weighted by atomic mass is 10.3. The molecule has 2 rings (SSSR count). The van der Waals surface area contributed by atoms with Crippen LogP contribution in [0.2, 0.25) is 0 Å². The molecule has 1 N–H and O–H groups in total. The maximum Gasteiger partial charge on any atom is 0.357 e. The molecule has 0 aliphatic heterocycles. The van der Waals surface area contributed by atoms with E-state index in [1.54, 1.807) is 0 Å². The highest BCUT2D eigenvalue weighted by Crippen LogP contribution is 2.39. The molecule has 0 bridgehead atoms. The second kappa shape index (κ2) is 3.48. The van der Waals surface area contributed by atoms with Crippen molar-refractivity contribution in [2.45, 2.75) is 32.2 Å². The molecule has 0 aromatic carbocycles. The second-order valence-electron chi connectivity index (χ2n) is 4.10. The van der Waals surface area contributed by atoms with Crippen LogP contribution in [-0.4, -0.2) is 23.6 Å². The van der Waals surface area contributed by atoms with Gasteiger partial charge in [-0.1, -0.05) is 0 Å². The van der Waals surface area contributed by atoms with Gasteiger partial charge in [0, 0.05) is 10.4 Å². The number of carbonyl (C=O) groups is 1. The molecule has 0 radical (unpaired) electrons. The fourth-order valence-electron chi connectivity index (χ4n) is 1.31. The maximum absolute atomic E-state index is 11.3. The van der Waals surface area contributed by atoms with Crippen molar-refractivity contribution in [3.63, 3.8) is 0 Å². The van der Waals surface area contributed by atoms with Gasteiger partial charge in [0.1, 0.15) is 0 Å². The van der Waals surface area contributed by atoms with Gasteiger partial charge in [-0.15, -0.1) is 11.3 Å². The number of hydrogen-bond acceptors (Lipinski definition) is 5. The van der Waals surface area contributed by atoms with Crippen molar-refractivity contribution in [3.8, 4) is 0 Å². The molecule has 0 unspecified atom stereocenters. The molecule has 1 saturated carbocycles. The van der Waals surface area contributed by atoms with E-state index in [9.17, 15) is 4.79 Å². The third kappa shape index (κ3) is 2.12. The number of aryl methyl sites for hydroxylation is 1. The van der Waals surface area contributed by atoms with E-state index in [-0.39, 0.29) is 11.5 Å². The summed E-state index contributed by atoms with van der Waals surface area (Å²) >= 11 is 1.50. The Morgan fingerprint density at radius 2 is 2.27 bits per heavy atom. The smallest absolute Gasteiger partial charge is 0.357 e. The Bertz CT molecular complexity index is 396. The van der Waals surface area contributed by atoms with Gasteiger partial charge in [0.25, 0.3) is 0 Å². The highest BCUT2D eigenvalue weighted by molar-refractivity contribution is 7.15. The Kier molecular flexibility index (Phi) is 2.42. The zero-order chi connectivity index (χ0) is 11.1. The summed E-state index contributed by atoms with van der Waals surface area (Å²) in [6.07, 6.45) is 2.33. The van der Waals surface area contributed by atoms with Gasteiger partial charge in [-0.25, -0.2) is 9.78 Å². The number of ether oxygens (including phenoxy) is 1. The van der Waals surface area contributed by atoms with Crippen molar-refractivity contribution in [2.75, 3.05) is 12.4 Å². The minimum absolute atomic E-state index is 0.192. The van der Waals surface area contributed by atoms with Crippen LogP contribution >= 0.6 is 11.3 Å². The molecule has 1 aliphatic carbocycles. The molecule has 0 atom stereocenters. The number of nitrogens with one attached hydrogen (secondary N) is 1. The first-order valence-corrected chi connectivity index (χ1v) is 5.70. The molecule has 0 saturated heterocycles.